The molecule has 0 atom stereocenters. The van der Waals surface area contributed by atoms with Gasteiger partial charge in [-0.2, -0.15) is 0 Å². The molecule has 0 radical (unpaired) electrons. The van der Waals surface area contributed by atoms with E-state index in [1.807, 2.05) is 29.6 Å². The predicted octanol–water partition coefficient (Wildman–Crippen LogP) is 1.86. The number of anilines is 2. The molecule has 0 aliphatic rings. The quantitative estimate of drug-likeness (QED) is 0.491. The highest BCUT2D eigenvalue weighted by Crippen LogP contribution is 2.09. The van der Waals surface area contributed by atoms with Crippen LogP contribution in [-0.4, -0.2) is 11.2 Å². The number of nitrogens with two attached hydrogens (primary N) is 2. The first-order valence-corrected chi connectivity index (χ1v) is 5.83. The van der Waals surface area contributed by atoms with Crippen molar-refractivity contribution in [3.05, 3.63) is 40.9 Å². The summed E-state index contributed by atoms with van der Waals surface area (Å²) in [7, 11) is 0. The van der Waals surface area contributed by atoms with Gasteiger partial charge in [0, 0.05) is 11.1 Å². The van der Waals surface area contributed by atoms with Gasteiger partial charge >= 0.3 is 0 Å². The Hall–Kier alpha value is -2.08. The molecule has 17 heavy (non-hydrogen) atoms. The maximum absolute atomic E-state index is 5.57. The monoisotopic (exact) mass is 248 g/mol. The fourth-order valence-electron chi connectivity index (χ4n) is 1.18. The molecule has 0 spiro atoms. The van der Waals surface area contributed by atoms with E-state index in [2.05, 4.69) is 10.1 Å². The van der Waals surface area contributed by atoms with Crippen LogP contribution < -0.4 is 11.5 Å². The third-order valence-corrected chi connectivity index (χ3v) is 2.70. The number of oxime groups is 1. The smallest absolute Gasteiger partial charge is 0.180 e. The number of nitrogens with zero attached hydrogens (tertiary/aromatic N) is 2. The fraction of sp³-hybridized carbons (Fsp3) is 0.0909. The molecular formula is C11H12N4OS. The molecule has 2 aromatic rings. The van der Waals surface area contributed by atoms with Crippen molar-refractivity contribution in [3.63, 3.8) is 0 Å². The fourth-order valence-corrected chi connectivity index (χ4v) is 1.69. The highest BCUT2D eigenvalue weighted by atomic mass is 32.1. The maximum atomic E-state index is 5.57. The lowest BCUT2D eigenvalue weighted by Crippen LogP contribution is -1.90. The average molecular weight is 248 g/mol. The minimum absolute atomic E-state index is 0.399. The normalized spacial score (nSPS) is 10.8. The summed E-state index contributed by atoms with van der Waals surface area (Å²) in [4.78, 5) is 9.14. The zero-order valence-electron chi connectivity index (χ0n) is 9.04. The topological polar surface area (TPSA) is 86.5 Å². The minimum atomic E-state index is 0.399. The average Bonchev–Trinajstić information content (AvgIpc) is 2.73. The second-order valence-electron chi connectivity index (χ2n) is 3.36. The van der Waals surface area contributed by atoms with Crippen LogP contribution in [0.15, 0.2) is 34.8 Å². The summed E-state index contributed by atoms with van der Waals surface area (Å²) >= 11 is 1.37. The highest BCUT2D eigenvalue weighted by Gasteiger charge is 1.95. The third-order valence-electron chi connectivity index (χ3n) is 2.01. The first-order valence-electron chi connectivity index (χ1n) is 4.95. The largest absolute Gasteiger partial charge is 0.399 e. The van der Waals surface area contributed by atoms with E-state index in [9.17, 15) is 0 Å². The Morgan fingerprint density at radius 1 is 1.29 bits per heavy atom. The van der Waals surface area contributed by atoms with Gasteiger partial charge in [0.2, 0.25) is 0 Å². The van der Waals surface area contributed by atoms with Crippen LogP contribution in [0.1, 0.15) is 11.3 Å². The lowest BCUT2D eigenvalue weighted by molar-refractivity contribution is 0.132. The SMILES string of the molecule is Nc1ccc(CON=Cc2csc(N)n2)cc1. The van der Waals surface area contributed by atoms with Gasteiger partial charge in [-0.3, -0.25) is 0 Å². The molecular weight excluding hydrogens is 236 g/mol. The number of rotatable bonds is 4. The Balaban J connectivity index is 1.83. The van der Waals surface area contributed by atoms with Crippen LogP contribution in [0.2, 0.25) is 0 Å². The Labute approximate surface area is 103 Å². The van der Waals surface area contributed by atoms with E-state index in [4.69, 9.17) is 16.3 Å². The molecule has 4 N–H and O–H groups in total. The second-order valence-corrected chi connectivity index (χ2v) is 4.25. The van der Waals surface area contributed by atoms with Crippen molar-refractivity contribution in [2.24, 2.45) is 5.16 Å². The van der Waals surface area contributed by atoms with Crippen molar-refractivity contribution in [2.75, 3.05) is 11.5 Å². The van der Waals surface area contributed by atoms with Gasteiger partial charge in [-0.25, -0.2) is 4.98 Å². The summed E-state index contributed by atoms with van der Waals surface area (Å²) in [6.07, 6.45) is 1.53. The van der Waals surface area contributed by atoms with E-state index in [1.54, 1.807) is 0 Å². The summed E-state index contributed by atoms with van der Waals surface area (Å²) in [5.74, 6) is 0. The van der Waals surface area contributed by atoms with Gasteiger partial charge in [0.1, 0.15) is 6.61 Å². The van der Waals surface area contributed by atoms with Gasteiger partial charge in [-0.05, 0) is 17.7 Å². The van der Waals surface area contributed by atoms with E-state index in [-0.39, 0.29) is 0 Å². The summed E-state index contributed by atoms with van der Waals surface area (Å²) in [6, 6.07) is 7.43. The number of hydrogen-bond acceptors (Lipinski definition) is 6. The number of benzene rings is 1. The molecule has 1 aromatic heterocycles. The van der Waals surface area contributed by atoms with Gasteiger partial charge in [0.05, 0.1) is 11.9 Å². The number of hydrogen-bond donors (Lipinski definition) is 2. The van der Waals surface area contributed by atoms with E-state index in [1.165, 1.54) is 17.6 Å². The third kappa shape index (κ3) is 3.46. The zero-order valence-corrected chi connectivity index (χ0v) is 9.85. The molecule has 0 aliphatic heterocycles. The van der Waals surface area contributed by atoms with Crippen LogP contribution in [0.25, 0.3) is 0 Å². The van der Waals surface area contributed by atoms with Crippen LogP contribution in [-0.2, 0) is 11.4 Å². The Morgan fingerprint density at radius 3 is 2.71 bits per heavy atom. The zero-order chi connectivity index (χ0) is 12.1. The van der Waals surface area contributed by atoms with Crippen LogP contribution in [0.5, 0.6) is 0 Å². The number of nitrogen functional groups attached to an aromatic ring is 2. The van der Waals surface area contributed by atoms with E-state index >= 15 is 0 Å². The standard InChI is InChI=1S/C11H12N4OS/c12-9-3-1-8(2-4-9)6-16-14-5-10-7-17-11(13)15-10/h1-5,7H,6,12H2,(H2,13,15). The summed E-state index contributed by atoms with van der Waals surface area (Å²) in [5, 5.41) is 6.13. The van der Waals surface area contributed by atoms with Gasteiger partial charge in [0.15, 0.2) is 5.13 Å². The number of thiazole rings is 1. The highest BCUT2D eigenvalue weighted by molar-refractivity contribution is 7.13. The predicted molar refractivity (Wildman–Crippen MR) is 69.8 cm³/mol. The van der Waals surface area contributed by atoms with Gasteiger partial charge in [-0.1, -0.05) is 17.3 Å². The first kappa shape index (κ1) is 11.4. The van der Waals surface area contributed by atoms with Crippen molar-refractivity contribution in [1.82, 2.24) is 4.98 Å². The lowest BCUT2D eigenvalue weighted by atomic mass is 10.2. The Kier molecular flexibility index (Phi) is 3.56. The van der Waals surface area contributed by atoms with Crippen LogP contribution in [0.4, 0.5) is 10.8 Å². The molecule has 5 nitrogen and oxygen atoms in total. The molecule has 2 rings (SSSR count). The van der Waals surface area contributed by atoms with Crippen LogP contribution >= 0.6 is 11.3 Å². The molecule has 1 heterocycles. The molecule has 0 amide bonds. The minimum Gasteiger partial charge on any atom is -0.399 e. The molecule has 0 unspecified atom stereocenters. The van der Waals surface area contributed by atoms with Crippen molar-refractivity contribution >= 4 is 28.4 Å². The molecule has 0 fully saturated rings. The van der Waals surface area contributed by atoms with Crippen LogP contribution in [0.3, 0.4) is 0 Å². The summed E-state index contributed by atoms with van der Waals surface area (Å²) < 4.78 is 0. The van der Waals surface area contributed by atoms with Crippen molar-refractivity contribution in [1.29, 1.82) is 0 Å². The van der Waals surface area contributed by atoms with Crippen molar-refractivity contribution in [3.8, 4) is 0 Å². The molecule has 88 valence electrons. The Bertz CT molecular complexity index is 506. The molecule has 1 aromatic carbocycles. The lowest BCUT2D eigenvalue weighted by Gasteiger charge is -1.99. The van der Waals surface area contributed by atoms with Crippen molar-refractivity contribution < 1.29 is 4.84 Å². The Morgan fingerprint density at radius 2 is 2.06 bits per heavy atom. The molecule has 0 aliphatic carbocycles. The number of aromatic nitrogens is 1. The molecule has 0 saturated carbocycles. The first-order chi connectivity index (χ1) is 8.24. The van der Waals surface area contributed by atoms with Gasteiger partial charge in [-0.15, -0.1) is 11.3 Å². The van der Waals surface area contributed by atoms with E-state index < -0.39 is 0 Å². The van der Waals surface area contributed by atoms with Crippen LogP contribution in [0, 0.1) is 0 Å². The summed E-state index contributed by atoms with van der Waals surface area (Å²) in [5.41, 5.74) is 13.5. The van der Waals surface area contributed by atoms with E-state index in [0.717, 1.165) is 11.3 Å². The van der Waals surface area contributed by atoms with Crippen molar-refractivity contribution in [2.45, 2.75) is 6.61 Å². The van der Waals surface area contributed by atoms with E-state index in [0.29, 0.717) is 17.4 Å². The maximum Gasteiger partial charge on any atom is 0.180 e. The molecule has 0 saturated heterocycles. The second kappa shape index (κ2) is 5.31. The summed E-state index contributed by atoms with van der Waals surface area (Å²) in [6.45, 7) is 0.399. The molecule has 0 bridgehead atoms. The van der Waals surface area contributed by atoms with Gasteiger partial charge in [0.25, 0.3) is 0 Å². The van der Waals surface area contributed by atoms with Gasteiger partial charge < -0.3 is 16.3 Å². The molecule has 6 heteroatoms.